The summed E-state index contributed by atoms with van der Waals surface area (Å²) in [5, 5.41) is 8.51. The monoisotopic (exact) mass is 599 g/mol. The maximum atomic E-state index is 13.4. The van der Waals surface area contributed by atoms with Gasteiger partial charge in [-0.2, -0.15) is 0 Å². The molecule has 0 spiro atoms. The Bertz CT molecular complexity index is 1660. The molecule has 3 amide bonds. The summed E-state index contributed by atoms with van der Waals surface area (Å²) in [6, 6.07) is 27.9. The predicted octanol–water partition coefficient (Wildman–Crippen LogP) is 6.60. The summed E-state index contributed by atoms with van der Waals surface area (Å²) in [5.74, 6) is 0.0871. The Kier molecular flexibility index (Phi) is 9.11. The first-order valence-electron chi connectivity index (χ1n) is 13.0. The quantitative estimate of drug-likeness (QED) is 0.148. The number of thioether (sulfide) groups is 1. The van der Waals surface area contributed by atoms with Crippen LogP contribution >= 0.6 is 23.4 Å². The molecule has 4 aromatic carbocycles. The van der Waals surface area contributed by atoms with Gasteiger partial charge in [0.05, 0.1) is 5.25 Å². The molecule has 0 fully saturated rings. The zero-order valence-corrected chi connectivity index (χ0v) is 24.0. The fourth-order valence-corrected chi connectivity index (χ4v) is 5.15. The van der Waals surface area contributed by atoms with Crippen molar-refractivity contribution in [3.8, 4) is 11.5 Å². The number of anilines is 2. The highest BCUT2D eigenvalue weighted by atomic mass is 35.5. The minimum atomic E-state index is -0.519. The molecule has 0 saturated heterocycles. The van der Waals surface area contributed by atoms with Crippen LogP contribution in [0.3, 0.4) is 0 Å². The largest absolute Gasteiger partial charge is 0.454 e. The van der Waals surface area contributed by atoms with E-state index >= 15 is 0 Å². The van der Waals surface area contributed by atoms with Crippen molar-refractivity contribution in [2.24, 2.45) is 0 Å². The van der Waals surface area contributed by atoms with E-state index in [4.69, 9.17) is 21.1 Å². The highest BCUT2D eigenvalue weighted by Crippen LogP contribution is 2.34. The Hall–Kier alpha value is -4.73. The number of hydrogen-bond donors (Lipinski definition) is 3. The maximum Gasteiger partial charge on any atom is 0.272 e. The topological polar surface area (TPSA) is 106 Å². The number of fused-ring (bicyclic) bond motifs is 1. The van der Waals surface area contributed by atoms with Crippen molar-refractivity contribution in [1.82, 2.24) is 5.32 Å². The van der Waals surface area contributed by atoms with Crippen LogP contribution in [0.15, 0.2) is 108 Å². The van der Waals surface area contributed by atoms with Crippen LogP contribution in [-0.2, 0) is 9.59 Å². The zero-order valence-electron chi connectivity index (χ0n) is 22.4. The molecular formula is C32H26ClN3O5S. The van der Waals surface area contributed by atoms with E-state index in [0.717, 1.165) is 4.90 Å². The minimum absolute atomic E-state index is 0.0423. The van der Waals surface area contributed by atoms with Crippen LogP contribution < -0.4 is 25.4 Å². The number of hydrogen-bond acceptors (Lipinski definition) is 6. The lowest BCUT2D eigenvalue weighted by Gasteiger charge is -2.14. The lowest BCUT2D eigenvalue weighted by molar-refractivity contribution is -0.115. The standard InChI is InChI=1S/C32H26ClN3O5S/c1-20(30(37)34-25-13-14-28-29(18-25)41-19-40-28)42-26-12-6-11-24(17-26)35-32(39)27(16-21-7-5-10-23(33)15-21)36-31(38)22-8-3-2-4-9-22/h2-18,20H,19H2,1H3,(H,34,37)(H,35,39)(H,36,38)/b27-16-. The molecule has 212 valence electrons. The van der Waals surface area contributed by atoms with Gasteiger partial charge in [0.1, 0.15) is 5.70 Å². The SMILES string of the molecule is CC(Sc1cccc(NC(=O)/C(=C/c2cccc(Cl)c2)NC(=O)c2ccccc2)c1)C(=O)Nc1ccc2c(c1)OCO2. The Labute approximate surface area is 252 Å². The van der Waals surface area contributed by atoms with E-state index in [-0.39, 0.29) is 18.4 Å². The normalized spacial score (nSPS) is 12.8. The number of benzene rings is 4. The van der Waals surface area contributed by atoms with Crippen LogP contribution in [0.25, 0.3) is 6.08 Å². The summed E-state index contributed by atoms with van der Waals surface area (Å²) in [4.78, 5) is 39.9. The smallest absolute Gasteiger partial charge is 0.272 e. The van der Waals surface area contributed by atoms with Gasteiger partial charge < -0.3 is 25.4 Å². The Morgan fingerprint density at radius 1 is 0.833 bits per heavy atom. The van der Waals surface area contributed by atoms with Crippen molar-refractivity contribution < 1.29 is 23.9 Å². The number of rotatable bonds is 9. The summed E-state index contributed by atoms with van der Waals surface area (Å²) in [5.41, 5.74) is 2.20. The highest BCUT2D eigenvalue weighted by Gasteiger charge is 2.19. The Morgan fingerprint density at radius 2 is 1.60 bits per heavy atom. The second-order valence-electron chi connectivity index (χ2n) is 9.23. The molecule has 0 radical (unpaired) electrons. The molecule has 1 atom stereocenters. The van der Waals surface area contributed by atoms with Gasteiger partial charge in [0.15, 0.2) is 11.5 Å². The van der Waals surface area contributed by atoms with E-state index in [2.05, 4.69) is 16.0 Å². The fraction of sp³-hybridized carbons (Fsp3) is 0.0938. The number of amides is 3. The predicted molar refractivity (Wildman–Crippen MR) is 165 cm³/mol. The first kappa shape index (κ1) is 28.8. The summed E-state index contributed by atoms with van der Waals surface area (Å²) in [7, 11) is 0. The minimum Gasteiger partial charge on any atom is -0.454 e. The first-order chi connectivity index (χ1) is 20.3. The number of halogens is 1. The molecule has 1 heterocycles. The van der Waals surface area contributed by atoms with Gasteiger partial charge >= 0.3 is 0 Å². The maximum absolute atomic E-state index is 13.4. The molecule has 42 heavy (non-hydrogen) atoms. The molecule has 0 bridgehead atoms. The molecule has 1 unspecified atom stereocenters. The van der Waals surface area contributed by atoms with E-state index in [1.54, 1.807) is 104 Å². The van der Waals surface area contributed by atoms with Gasteiger partial charge in [0.25, 0.3) is 11.8 Å². The van der Waals surface area contributed by atoms with Gasteiger partial charge in [0, 0.05) is 32.9 Å². The number of carbonyl (C=O) groups is 3. The summed E-state index contributed by atoms with van der Waals surface area (Å²) in [6.07, 6.45) is 1.56. The molecule has 5 rings (SSSR count). The molecule has 0 saturated carbocycles. The van der Waals surface area contributed by atoms with E-state index in [9.17, 15) is 14.4 Å². The third-order valence-corrected chi connectivity index (χ3v) is 7.43. The molecule has 1 aliphatic heterocycles. The van der Waals surface area contributed by atoms with Crippen molar-refractivity contribution in [3.05, 3.63) is 119 Å². The second kappa shape index (κ2) is 13.3. The van der Waals surface area contributed by atoms with Crippen LogP contribution in [0.5, 0.6) is 11.5 Å². The van der Waals surface area contributed by atoms with Crippen molar-refractivity contribution in [1.29, 1.82) is 0 Å². The third-order valence-electron chi connectivity index (χ3n) is 6.10. The highest BCUT2D eigenvalue weighted by molar-refractivity contribution is 8.00. The molecule has 4 aromatic rings. The molecular weight excluding hydrogens is 574 g/mol. The van der Waals surface area contributed by atoms with Crippen LogP contribution in [0.1, 0.15) is 22.8 Å². The zero-order chi connectivity index (χ0) is 29.5. The average molecular weight is 600 g/mol. The average Bonchev–Trinajstić information content (AvgIpc) is 3.45. The third kappa shape index (κ3) is 7.51. The van der Waals surface area contributed by atoms with Gasteiger partial charge in [-0.05, 0) is 73.2 Å². The van der Waals surface area contributed by atoms with E-state index < -0.39 is 17.1 Å². The van der Waals surface area contributed by atoms with Gasteiger partial charge in [-0.25, -0.2) is 0 Å². The molecule has 0 aromatic heterocycles. The summed E-state index contributed by atoms with van der Waals surface area (Å²) < 4.78 is 10.7. The number of nitrogens with one attached hydrogen (secondary N) is 3. The molecule has 10 heteroatoms. The summed E-state index contributed by atoms with van der Waals surface area (Å²) in [6.45, 7) is 1.95. The van der Waals surface area contributed by atoms with E-state index in [1.165, 1.54) is 11.8 Å². The van der Waals surface area contributed by atoms with E-state index in [1.807, 2.05) is 6.07 Å². The molecule has 1 aliphatic rings. The molecule has 3 N–H and O–H groups in total. The lowest BCUT2D eigenvalue weighted by atomic mass is 10.1. The van der Waals surface area contributed by atoms with Crippen molar-refractivity contribution in [2.45, 2.75) is 17.1 Å². The Balaban J connectivity index is 1.27. The summed E-state index contributed by atoms with van der Waals surface area (Å²) >= 11 is 7.47. The van der Waals surface area contributed by atoms with Crippen LogP contribution in [0.2, 0.25) is 5.02 Å². The number of ether oxygens (including phenoxy) is 2. The second-order valence-corrected chi connectivity index (χ2v) is 11.1. The van der Waals surface area contributed by atoms with Gasteiger partial charge in [0.2, 0.25) is 12.7 Å². The first-order valence-corrected chi connectivity index (χ1v) is 14.2. The van der Waals surface area contributed by atoms with Crippen LogP contribution in [0.4, 0.5) is 11.4 Å². The van der Waals surface area contributed by atoms with Gasteiger partial charge in [-0.1, -0.05) is 48.0 Å². The fourth-order valence-electron chi connectivity index (χ4n) is 4.03. The van der Waals surface area contributed by atoms with E-state index in [0.29, 0.717) is 39.0 Å². The Morgan fingerprint density at radius 3 is 2.40 bits per heavy atom. The number of carbonyl (C=O) groups excluding carboxylic acids is 3. The van der Waals surface area contributed by atoms with Gasteiger partial charge in [-0.3, -0.25) is 14.4 Å². The lowest BCUT2D eigenvalue weighted by Crippen LogP contribution is -2.30. The van der Waals surface area contributed by atoms with Crippen molar-refractivity contribution in [3.63, 3.8) is 0 Å². The molecule has 8 nitrogen and oxygen atoms in total. The van der Waals surface area contributed by atoms with Gasteiger partial charge in [-0.15, -0.1) is 11.8 Å². The van der Waals surface area contributed by atoms with Crippen LogP contribution in [-0.4, -0.2) is 29.8 Å². The van der Waals surface area contributed by atoms with Crippen LogP contribution in [0, 0.1) is 0 Å². The van der Waals surface area contributed by atoms with Crippen molar-refractivity contribution >= 4 is 58.5 Å². The molecule has 0 aliphatic carbocycles. The van der Waals surface area contributed by atoms with Crippen molar-refractivity contribution in [2.75, 3.05) is 17.4 Å².